The number of benzene rings is 1. The van der Waals surface area contributed by atoms with E-state index in [-0.39, 0.29) is 11.1 Å². The van der Waals surface area contributed by atoms with Crippen molar-refractivity contribution < 1.29 is 8.81 Å². The van der Waals surface area contributed by atoms with Crippen molar-refractivity contribution in [2.45, 2.75) is 25.8 Å². The summed E-state index contributed by atoms with van der Waals surface area (Å²) in [5.74, 6) is 6.69. The highest BCUT2D eigenvalue weighted by Gasteiger charge is 2.17. The first-order valence-corrected chi connectivity index (χ1v) is 6.51. The first-order valence-electron chi connectivity index (χ1n) is 6.13. The van der Waals surface area contributed by atoms with Crippen molar-refractivity contribution in [3.8, 4) is 0 Å². The van der Waals surface area contributed by atoms with Crippen molar-refractivity contribution in [3.05, 3.63) is 58.3 Å². The van der Waals surface area contributed by atoms with Crippen molar-refractivity contribution in [1.29, 1.82) is 0 Å². The number of nitrogens with one attached hydrogen (secondary N) is 1. The SMILES string of the molecule is CCc1ccc(C(Cc2cccc(Cl)c2F)NN)o1. The predicted octanol–water partition coefficient (Wildman–Crippen LogP) is 3.38. The fourth-order valence-corrected chi connectivity index (χ4v) is 2.13. The van der Waals surface area contributed by atoms with Crippen LogP contribution in [0.4, 0.5) is 4.39 Å². The average Bonchev–Trinajstić information content (AvgIpc) is 2.89. The van der Waals surface area contributed by atoms with Crippen molar-refractivity contribution in [2.24, 2.45) is 5.84 Å². The van der Waals surface area contributed by atoms with Gasteiger partial charge in [0.15, 0.2) is 0 Å². The van der Waals surface area contributed by atoms with Crippen LogP contribution in [0, 0.1) is 5.82 Å². The Morgan fingerprint density at radius 3 is 2.79 bits per heavy atom. The van der Waals surface area contributed by atoms with Crippen LogP contribution in [-0.4, -0.2) is 0 Å². The van der Waals surface area contributed by atoms with Crippen LogP contribution in [0.15, 0.2) is 34.7 Å². The molecule has 0 fully saturated rings. The van der Waals surface area contributed by atoms with Gasteiger partial charge in [-0.05, 0) is 30.2 Å². The maximum Gasteiger partial charge on any atom is 0.145 e. The van der Waals surface area contributed by atoms with Crippen LogP contribution in [0.25, 0.3) is 0 Å². The van der Waals surface area contributed by atoms with Gasteiger partial charge in [0.1, 0.15) is 17.3 Å². The van der Waals surface area contributed by atoms with Gasteiger partial charge in [0, 0.05) is 6.42 Å². The molecule has 3 N–H and O–H groups in total. The van der Waals surface area contributed by atoms with Gasteiger partial charge in [-0.25, -0.2) is 9.82 Å². The van der Waals surface area contributed by atoms with E-state index in [9.17, 15) is 4.39 Å². The molecule has 1 unspecified atom stereocenters. The largest absolute Gasteiger partial charge is 0.464 e. The minimum absolute atomic E-state index is 0.113. The molecule has 0 radical (unpaired) electrons. The van der Waals surface area contributed by atoms with Crippen molar-refractivity contribution in [2.75, 3.05) is 0 Å². The molecule has 1 aromatic heterocycles. The maximum atomic E-state index is 13.9. The third-order valence-electron chi connectivity index (χ3n) is 3.03. The average molecular weight is 283 g/mol. The van der Waals surface area contributed by atoms with Gasteiger partial charge < -0.3 is 4.42 Å². The van der Waals surface area contributed by atoms with E-state index >= 15 is 0 Å². The minimum Gasteiger partial charge on any atom is -0.464 e. The first-order chi connectivity index (χ1) is 9.15. The molecule has 0 aliphatic rings. The third kappa shape index (κ3) is 3.15. The lowest BCUT2D eigenvalue weighted by atomic mass is 10.0. The highest BCUT2D eigenvalue weighted by atomic mass is 35.5. The lowest BCUT2D eigenvalue weighted by Gasteiger charge is -2.14. The van der Waals surface area contributed by atoms with Gasteiger partial charge in [-0.1, -0.05) is 30.7 Å². The van der Waals surface area contributed by atoms with Crippen LogP contribution in [0.2, 0.25) is 5.02 Å². The van der Waals surface area contributed by atoms with E-state index in [2.05, 4.69) is 5.43 Å². The van der Waals surface area contributed by atoms with Crippen LogP contribution < -0.4 is 11.3 Å². The van der Waals surface area contributed by atoms with Gasteiger partial charge >= 0.3 is 0 Å². The number of aryl methyl sites for hydroxylation is 1. The molecule has 0 aliphatic heterocycles. The van der Waals surface area contributed by atoms with Gasteiger partial charge in [0.05, 0.1) is 11.1 Å². The van der Waals surface area contributed by atoms with E-state index < -0.39 is 5.82 Å². The Kier molecular flexibility index (Phi) is 4.58. The predicted molar refractivity (Wildman–Crippen MR) is 73.3 cm³/mol. The van der Waals surface area contributed by atoms with E-state index in [1.165, 1.54) is 6.07 Å². The van der Waals surface area contributed by atoms with Gasteiger partial charge in [0.2, 0.25) is 0 Å². The fourth-order valence-electron chi connectivity index (χ4n) is 1.94. The molecule has 0 saturated heterocycles. The molecular formula is C14H16ClFN2O. The van der Waals surface area contributed by atoms with Gasteiger partial charge in [-0.15, -0.1) is 0 Å². The summed E-state index contributed by atoms with van der Waals surface area (Å²) in [4.78, 5) is 0. The number of furan rings is 1. The Bertz CT molecular complexity index is 556. The van der Waals surface area contributed by atoms with E-state index in [1.807, 2.05) is 19.1 Å². The lowest BCUT2D eigenvalue weighted by Crippen LogP contribution is -2.29. The molecule has 0 aliphatic carbocycles. The van der Waals surface area contributed by atoms with Gasteiger partial charge in [-0.3, -0.25) is 5.84 Å². The Morgan fingerprint density at radius 2 is 2.16 bits per heavy atom. The molecule has 102 valence electrons. The molecule has 1 atom stereocenters. The van der Waals surface area contributed by atoms with Crippen molar-refractivity contribution in [3.63, 3.8) is 0 Å². The number of nitrogens with two attached hydrogens (primary N) is 1. The number of hydrazine groups is 1. The summed E-state index contributed by atoms with van der Waals surface area (Å²) in [5.41, 5.74) is 3.15. The molecule has 3 nitrogen and oxygen atoms in total. The Hall–Kier alpha value is -1.36. The summed E-state index contributed by atoms with van der Waals surface area (Å²) < 4.78 is 19.5. The Morgan fingerprint density at radius 1 is 1.37 bits per heavy atom. The molecule has 2 rings (SSSR count). The molecule has 5 heteroatoms. The molecule has 0 saturated carbocycles. The topological polar surface area (TPSA) is 51.2 Å². The van der Waals surface area contributed by atoms with Crippen molar-refractivity contribution in [1.82, 2.24) is 5.43 Å². The van der Waals surface area contributed by atoms with Crippen LogP contribution in [0.3, 0.4) is 0 Å². The molecule has 0 bridgehead atoms. The first kappa shape index (κ1) is 14.1. The molecule has 0 amide bonds. The standard InChI is InChI=1S/C14H16ClFN2O/c1-2-10-6-7-13(19-10)12(18-17)8-9-4-3-5-11(15)14(9)16/h3-7,12,18H,2,8,17H2,1H3. The zero-order valence-electron chi connectivity index (χ0n) is 10.6. The summed E-state index contributed by atoms with van der Waals surface area (Å²) in [6.45, 7) is 2.00. The van der Waals surface area contributed by atoms with Crippen LogP contribution in [0.1, 0.15) is 30.0 Å². The van der Waals surface area contributed by atoms with E-state index in [0.29, 0.717) is 17.7 Å². The molecular weight excluding hydrogens is 267 g/mol. The monoisotopic (exact) mass is 282 g/mol. The Balaban J connectivity index is 2.21. The van der Waals surface area contributed by atoms with Crippen molar-refractivity contribution >= 4 is 11.6 Å². The second kappa shape index (κ2) is 6.19. The second-order valence-corrected chi connectivity index (χ2v) is 4.70. The highest BCUT2D eigenvalue weighted by molar-refractivity contribution is 6.30. The molecule has 19 heavy (non-hydrogen) atoms. The molecule has 0 spiro atoms. The fraction of sp³-hybridized carbons (Fsp3) is 0.286. The molecule has 2 aromatic rings. The number of rotatable bonds is 5. The number of halogens is 2. The summed E-state index contributed by atoms with van der Waals surface area (Å²) in [5, 5.41) is 0.113. The summed E-state index contributed by atoms with van der Waals surface area (Å²) in [7, 11) is 0. The summed E-state index contributed by atoms with van der Waals surface area (Å²) >= 11 is 5.76. The number of hydrogen-bond donors (Lipinski definition) is 2. The van der Waals surface area contributed by atoms with E-state index in [4.69, 9.17) is 21.9 Å². The van der Waals surface area contributed by atoms with Crippen LogP contribution >= 0.6 is 11.6 Å². The van der Waals surface area contributed by atoms with Crippen LogP contribution in [0.5, 0.6) is 0 Å². The van der Waals surface area contributed by atoms with E-state index in [0.717, 1.165) is 12.2 Å². The van der Waals surface area contributed by atoms with Gasteiger partial charge in [0.25, 0.3) is 0 Å². The quantitative estimate of drug-likeness (QED) is 0.653. The van der Waals surface area contributed by atoms with E-state index in [1.54, 1.807) is 12.1 Å². The smallest absolute Gasteiger partial charge is 0.145 e. The summed E-state index contributed by atoms with van der Waals surface area (Å²) in [6.07, 6.45) is 1.18. The minimum atomic E-state index is -0.410. The zero-order chi connectivity index (χ0) is 13.8. The normalized spacial score (nSPS) is 12.6. The van der Waals surface area contributed by atoms with Gasteiger partial charge in [-0.2, -0.15) is 0 Å². The highest BCUT2D eigenvalue weighted by Crippen LogP contribution is 2.24. The Labute approximate surface area is 116 Å². The second-order valence-electron chi connectivity index (χ2n) is 4.29. The molecule has 1 aromatic carbocycles. The maximum absolute atomic E-state index is 13.9. The number of hydrogen-bond acceptors (Lipinski definition) is 3. The van der Waals surface area contributed by atoms with Crippen LogP contribution in [-0.2, 0) is 12.8 Å². The summed E-state index contributed by atoms with van der Waals surface area (Å²) in [6, 6.07) is 8.39. The third-order valence-corrected chi connectivity index (χ3v) is 3.32. The zero-order valence-corrected chi connectivity index (χ0v) is 11.4. The lowest BCUT2D eigenvalue weighted by molar-refractivity contribution is 0.393. The molecule has 1 heterocycles.